The topological polar surface area (TPSA) is 38.7 Å². The van der Waals surface area contributed by atoms with Gasteiger partial charge in [-0.3, -0.25) is 0 Å². The van der Waals surface area contributed by atoms with Crippen molar-refractivity contribution >= 4 is 0 Å². The van der Waals surface area contributed by atoms with Crippen LogP contribution in [-0.4, -0.2) is 73.9 Å². The first-order valence-corrected chi connectivity index (χ1v) is 7.77. The fourth-order valence-corrected chi connectivity index (χ4v) is 3.01. The Morgan fingerprint density at radius 2 is 1.79 bits per heavy atom. The zero-order valence-corrected chi connectivity index (χ0v) is 12.9. The van der Waals surface area contributed by atoms with E-state index in [4.69, 9.17) is 0 Å². The molecule has 0 heterocycles. The van der Waals surface area contributed by atoms with Crippen LogP contribution in [0.15, 0.2) is 0 Å². The lowest BCUT2D eigenvalue weighted by Gasteiger charge is -2.37. The van der Waals surface area contributed by atoms with Gasteiger partial charge in [-0.2, -0.15) is 0 Å². The Morgan fingerprint density at radius 3 is 2.26 bits per heavy atom. The van der Waals surface area contributed by atoms with Crippen molar-refractivity contribution in [3.05, 3.63) is 0 Å². The van der Waals surface area contributed by atoms with Gasteiger partial charge >= 0.3 is 0 Å². The molecule has 2 rings (SSSR count). The van der Waals surface area contributed by atoms with E-state index in [0.29, 0.717) is 12.0 Å². The maximum absolute atomic E-state index is 9.93. The number of nitrogens with one attached hydrogen (secondary N) is 1. The van der Waals surface area contributed by atoms with E-state index < -0.39 is 0 Å². The summed E-state index contributed by atoms with van der Waals surface area (Å²) < 4.78 is 0. The van der Waals surface area contributed by atoms with Crippen LogP contribution in [0.5, 0.6) is 0 Å². The fraction of sp³-hybridized carbons (Fsp3) is 1.00. The molecule has 0 saturated heterocycles. The van der Waals surface area contributed by atoms with Gasteiger partial charge in [0.05, 0.1) is 12.1 Å². The average Bonchev–Trinajstić information content (AvgIpc) is 3.20. The largest absolute Gasteiger partial charge is 0.394 e. The molecule has 2 saturated carbocycles. The van der Waals surface area contributed by atoms with Crippen molar-refractivity contribution in [2.75, 3.05) is 47.4 Å². The number of hydrogen-bond donors (Lipinski definition) is 2. The Kier molecular flexibility index (Phi) is 5.23. The first-order chi connectivity index (χ1) is 9.05. The summed E-state index contributed by atoms with van der Waals surface area (Å²) in [5.41, 5.74) is -0.0337. The number of aliphatic hydroxyl groups excluding tert-OH is 1. The normalized spacial score (nSPS) is 23.1. The van der Waals surface area contributed by atoms with Crippen molar-refractivity contribution in [1.29, 1.82) is 0 Å². The molecule has 112 valence electrons. The minimum Gasteiger partial charge on any atom is -0.394 e. The smallest absolute Gasteiger partial charge is 0.0628 e. The predicted octanol–water partition coefficient (Wildman–Crippen LogP) is 0.763. The van der Waals surface area contributed by atoms with Gasteiger partial charge in [0.25, 0.3) is 0 Å². The van der Waals surface area contributed by atoms with Gasteiger partial charge in [-0.05, 0) is 72.3 Å². The molecule has 0 aliphatic heterocycles. The van der Waals surface area contributed by atoms with Gasteiger partial charge in [-0.25, -0.2) is 0 Å². The third-order valence-electron chi connectivity index (χ3n) is 4.41. The van der Waals surface area contributed by atoms with Crippen LogP contribution in [0, 0.1) is 5.92 Å². The third-order valence-corrected chi connectivity index (χ3v) is 4.41. The number of aliphatic hydroxyl groups is 1. The quantitative estimate of drug-likeness (QED) is 0.614. The predicted molar refractivity (Wildman–Crippen MR) is 79.4 cm³/mol. The Balaban J connectivity index is 1.80. The summed E-state index contributed by atoms with van der Waals surface area (Å²) in [5.74, 6) is 0.689. The molecule has 0 aromatic carbocycles. The molecule has 2 aliphatic rings. The molecular weight excluding hydrogens is 238 g/mol. The maximum atomic E-state index is 9.93. The molecule has 0 bridgehead atoms. The lowest BCUT2D eigenvalue weighted by Crippen LogP contribution is -2.58. The fourth-order valence-electron chi connectivity index (χ4n) is 3.01. The molecule has 19 heavy (non-hydrogen) atoms. The van der Waals surface area contributed by atoms with E-state index in [1.54, 1.807) is 0 Å². The first kappa shape index (κ1) is 15.2. The van der Waals surface area contributed by atoms with E-state index in [1.165, 1.54) is 32.1 Å². The lowest BCUT2D eigenvalue weighted by atomic mass is 9.93. The van der Waals surface area contributed by atoms with E-state index in [1.807, 2.05) is 0 Å². The molecule has 4 nitrogen and oxygen atoms in total. The molecule has 0 spiro atoms. The minimum absolute atomic E-state index is 0.0337. The highest BCUT2D eigenvalue weighted by molar-refractivity contribution is 5.05. The van der Waals surface area contributed by atoms with Gasteiger partial charge < -0.3 is 20.2 Å². The van der Waals surface area contributed by atoms with Crippen LogP contribution in [0.1, 0.15) is 32.1 Å². The molecule has 1 atom stereocenters. The minimum atomic E-state index is -0.0337. The van der Waals surface area contributed by atoms with Gasteiger partial charge in [-0.15, -0.1) is 0 Å². The average molecular weight is 269 g/mol. The summed E-state index contributed by atoms with van der Waals surface area (Å²) in [6.07, 6.45) is 6.34. The third kappa shape index (κ3) is 4.71. The molecule has 0 aromatic heterocycles. The highest BCUT2D eigenvalue weighted by Crippen LogP contribution is 2.41. The molecule has 1 unspecified atom stereocenters. The number of hydrogen-bond acceptors (Lipinski definition) is 4. The van der Waals surface area contributed by atoms with Crippen LogP contribution in [0.25, 0.3) is 0 Å². The number of likely N-dealkylation sites (N-methyl/N-ethyl adjacent to an activating group) is 1. The Morgan fingerprint density at radius 1 is 1.11 bits per heavy atom. The van der Waals surface area contributed by atoms with Crippen LogP contribution >= 0.6 is 0 Å². The number of rotatable bonds is 10. The maximum Gasteiger partial charge on any atom is 0.0628 e. The molecule has 0 amide bonds. The molecule has 2 fully saturated rings. The van der Waals surface area contributed by atoms with Gasteiger partial charge in [0.2, 0.25) is 0 Å². The summed E-state index contributed by atoms with van der Waals surface area (Å²) in [6.45, 7) is 3.51. The first-order valence-electron chi connectivity index (χ1n) is 7.77. The second-order valence-electron chi connectivity index (χ2n) is 6.90. The van der Waals surface area contributed by atoms with Crippen molar-refractivity contribution in [1.82, 2.24) is 15.1 Å². The van der Waals surface area contributed by atoms with E-state index in [9.17, 15) is 5.11 Å². The van der Waals surface area contributed by atoms with Crippen molar-refractivity contribution in [3.63, 3.8) is 0 Å². The van der Waals surface area contributed by atoms with Crippen LogP contribution in [-0.2, 0) is 0 Å². The van der Waals surface area contributed by atoms with E-state index in [0.717, 1.165) is 19.6 Å². The van der Waals surface area contributed by atoms with Gasteiger partial charge in [0, 0.05) is 12.6 Å². The van der Waals surface area contributed by atoms with Gasteiger partial charge in [-0.1, -0.05) is 0 Å². The van der Waals surface area contributed by atoms with Crippen molar-refractivity contribution < 1.29 is 5.11 Å². The molecule has 2 aliphatic carbocycles. The monoisotopic (exact) mass is 269 g/mol. The van der Waals surface area contributed by atoms with Crippen molar-refractivity contribution in [2.24, 2.45) is 5.92 Å². The standard InChI is InChI=1S/C15H31N3O/c1-17(2)9-4-10-18(3)11-15(12-19,13-5-6-13)16-14-7-8-14/h13-14,16,19H,4-12H2,1-3H3. The van der Waals surface area contributed by atoms with Crippen LogP contribution in [0.2, 0.25) is 0 Å². The van der Waals surface area contributed by atoms with Crippen molar-refractivity contribution in [2.45, 2.75) is 43.7 Å². The molecule has 0 radical (unpaired) electrons. The Bertz CT molecular complexity index is 277. The second-order valence-corrected chi connectivity index (χ2v) is 6.90. The summed E-state index contributed by atoms with van der Waals surface area (Å²) in [5, 5.41) is 13.7. The van der Waals surface area contributed by atoms with Crippen molar-refractivity contribution in [3.8, 4) is 0 Å². The van der Waals surface area contributed by atoms with Crippen LogP contribution in [0.3, 0.4) is 0 Å². The molecule has 0 aromatic rings. The van der Waals surface area contributed by atoms with E-state index in [2.05, 4.69) is 36.3 Å². The molecular formula is C15H31N3O. The second kappa shape index (κ2) is 6.53. The van der Waals surface area contributed by atoms with Crippen LogP contribution < -0.4 is 5.32 Å². The van der Waals surface area contributed by atoms with Gasteiger partial charge in [0.15, 0.2) is 0 Å². The molecule has 2 N–H and O–H groups in total. The van der Waals surface area contributed by atoms with E-state index >= 15 is 0 Å². The van der Waals surface area contributed by atoms with Gasteiger partial charge in [0.1, 0.15) is 0 Å². The zero-order valence-electron chi connectivity index (χ0n) is 12.9. The summed E-state index contributed by atoms with van der Waals surface area (Å²) in [6, 6.07) is 0.669. The summed E-state index contributed by atoms with van der Waals surface area (Å²) in [7, 11) is 6.44. The lowest BCUT2D eigenvalue weighted by molar-refractivity contribution is 0.0976. The Hall–Kier alpha value is -0.160. The van der Waals surface area contributed by atoms with E-state index in [-0.39, 0.29) is 12.1 Å². The SMILES string of the molecule is CN(C)CCCN(C)CC(CO)(NC1CC1)C1CC1. The highest BCUT2D eigenvalue weighted by Gasteiger charge is 2.47. The molecule has 4 heteroatoms. The highest BCUT2D eigenvalue weighted by atomic mass is 16.3. The number of nitrogens with zero attached hydrogens (tertiary/aromatic N) is 2. The van der Waals surface area contributed by atoms with Crippen LogP contribution in [0.4, 0.5) is 0 Å². The Labute approximate surface area is 118 Å². The summed E-state index contributed by atoms with van der Waals surface area (Å²) in [4.78, 5) is 4.63. The summed E-state index contributed by atoms with van der Waals surface area (Å²) >= 11 is 0. The zero-order chi connectivity index (χ0) is 13.9.